The van der Waals surface area contributed by atoms with Gasteiger partial charge in [0.1, 0.15) is 12.1 Å². The van der Waals surface area contributed by atoms with E-state index in [2.05, 4.69) is 10.3 Å². The van der Waals surface area contributed by atoms with E-state index in [-0.39, 0.29) is 22.4 Å². The first kappa shape index (κ1) is 28.7. The Kier molecular flexibility index (Phi) is 10.3. The molecule has 0 fully saturated rings. The molecule has 0 saturated carbocycles. The van der Waals surface area contributed by atoms with Crippen molar-refractivity contribution in [1.29, 1.82) is 0 Å². The lowest BCUT2D eigenvalue weighted by Gasteiger charge is -2.25. The Labute approximate surface area is 227 Å². The van der Waals surface area contributed by atoms with Crippen molar-refractivity contribution in [2.45, 2.75) is 50.0 Å². The number of thioether (sulfide) groups is 1. The average molecular weight is 537 g/mol. The molecule has 0 saturated heterocycles. The number of carbonyl (C=O) groups is 3. The van der Waals surface area contributed by atoms with Crippen molar-refractivity contribution in [3.8, 4) is 11.5 Å². The Balaban J connectivity index is 1.73. The van der Waals surface area contributed by atoms with Crippen LogP contribution in [0, 0.1) is 5.92 Å². The summed E-state index contributed by atoms with van der Waals surface area (Å²) in [5, 5.41) is 2.42. The maximum Gasteiger partial charge on any atom is 0.328 e. The zero-order valence-corrected chi connectivity index (χ0v) is 22.9. The highest BCUT2D eigenvalue weighted by Crippen LogP contribution is 2.39. The van der Waals surface area contributed by atoms with Gasteiger partial charge in [-0.25, -0.2) is 9.78 Å². The van der Waals surface area contributed by atoms with Crippen molar-refractivity contribution in [3.05, 3.63) is 84.2 Å². The molecule has 0 spiro atoms. The van der Waals surface area contributed by atoms with Gasteiger partial charge >= 0.3 is 11.9 Å². The number of nitrogens with one attached hydrogen (secondary N) is 1. The van der Waals surface area contributed by atoms with Crippen LogP contribution in [-0.2, 0) is 14.3 Å². The van der Waals surface area contributed by atoms with E-state index in [1.54, 1.807) is 25.6 Å². The average Bonchev–Trinajstić information content (AvgIpc) is 2.92. The van der Waals surface area contributed by atoms with E-state index in [4.69, 9.17) is 14.2 Å². The maximum absolute atomic E-state index is 13.0. The zero-order chi connectivity index (χ0) is 27.7. The molecule has 0 aliphatic heterocycles. The van der Waals surface area contributed by atoms with Crippen molar-refractivity contribution in [2.24, 2.45) is 5.92 Å². The molecule has 1 N–H and O–H groups in total. The molecule has 2 aromatic carbocycles. The summed E-state index contributed by atoms with van der Waals surface area (Å²) in [5.41, 5.74) is 0.836. The fourth-order valence-corrected chi connectivity index (χ4v) is 4.61. The minimum Gasteiger partial charge on any atom is -0.493 e. The van der Waals surface area contributed by atoms with Gasteiger partial charge in [0.05, 0.1) is 18.3 Å². The number of pyridine rings is 1. The predicted molar refractivity (Wildman–Crippen MR) is 145 cm³/mol. The van der Waals surface area contributed by atoms with Crippen molar-refractivity contribution in [2.75, 3.05) is 7.11 Å². The third-order valence-corrected chi connectivity index (χ3v) is 7.00. The molecule has 1 heterocycles. The minimum absolute atomic E-state index is 0.108. The van der Waals surface area contributed by atoms with Crippen LogP contribution < -0.4 is 14.8 Å². The van der Waals surface area contributed by atoms with E-state index in [0.29, 0.717) is 0 Å². The Morgan fingerprint density at radius 3 is 2.11 bits per heavy atom. The van der Waals surface area contributed by atoms with E-state index in [9.17, 15) is 14.4 Å². The Morgan fingerprint density at radius 1 is 0.868 bits per heavy atom. The number of nitrogens with zero attached hydrogens (tertiary/aromatic N) is 1. The van der Waals surface area contributed by atoms with Crippen LogP contribution in [0.2, 0.25) is 0 Å². The number of esters is 2. The topological polar surface area (TPSA) is 104 Å². The first-order chi connectivity index (χ1) is 18.2. The fourth-order valence-electron chi connectivity index (χ4n) is 3.46. The molecule has 1 amide bonds. The number of methoxy groups -OCH3 is 1. The highest BCUT2D eigenvalue weighted by Gasteiger charge is 2.29. The van der Waals surface area contributed by atoms with Gasteiger partial charge in [0.2, 0.25) is 5.75 Å². The van der Waals surface area contributed by atoms with Crippen LogP contribution in [0.4, 0.5) is 0 Å². The van der Waals surface area contributed by atoms with E-state index in [1.165, 1.54) is 26.3 Å². The van der Waals surface area contributed by atoms with Crippen LogP contribution in [-0.4, -0.2) is 42.1 Å². The summed E-state index contributed by atoms with van der Waals surface area (Å²) in [6.45, 7) is 6.69. The van der Waals surface area contributed by atoms with Crippen molar-refractivity contribution in [1.82, 2.24) is 10.3 Å². The summed E-state index contributed by atoms with van der Waals surface area (Å²) in [6, 6.07) is 20.1. The van der Waals surface area contributed by atoms with Gasteiger partial charge in [0, 0.05) is 17.2 Å². The lowest BCUT2D eigenvalue weighted by atomic mass is 10.1. The van der Waals surface area contributed by atoms with Crippen LogP contribution in [0.3, 0.4) is 0 Å². The second-order valence-electron chi connectivity index (χ2n) is 8.87. The highest BCUT2D eigenvalue weighted by molar-refractivity contribution is 7.99. The van der Waals surface area contributed by atoms with Gasteiger partial charge in [0.25, 0.3) is 5.91 Å². The molecule has 0 bridgehead atoms. The molecular weight excluding hydrogens is 504 g/mol. The molecule has 0 aliphatic carbocycles. The summed E-state index contributed by atoms with van der Waals surface area (Å²) in [7, 11) is 1.39. The summed E-state index contributed by atoms with van der Waals surface area (Å²) in [6.07, 6.45) is 0.850. The smallest absolute Gasteiger partial charge is 0.328 e. The number of rotatable bonds is 11. The van der Waals surface area contributed by atoms with Crippen molar-refractivity contribution < 1.29 is 28.6 Å². The molecule has 1 aromatic heterocycles. The molecule has 0 radical (unpaired) electrons. The standard InChI is InChI=1S/C29H32N2O6S/c1-18(2)28(33)37-25-23(35-5)16-17-30-24(25)27(32)31-19(3)29(34)36-20(4)26(21-12-8-6-9-13-21)38-22-14-10-7-11-15-22/h6-20,26H,1-5H3,(H,31,32)/t19?,20-,26-/m0/s1. The molecule has 3 rings (SSSR count). The number of benzene rings is 2. The minimum atomic E-state index is -0.996. The third-order valence-electron chi connectivity index (χ3n) is 5.54. The number of ether oxygens (including phenoxy) is 3. The largest absolute Gasteiger partial charge is 0.493 e. The SMILES string of the molecule is COc1ccnc(C(=O)NC(C)C(=O)O[C@@H](C)[C@H](Sc2ccccc2)c2ccccc2)c1OC(=O)C(C)C. The number of hydrogen-bond acceptors (Lipinski definition) is 8. The molecule has 3 atom stereocenters. The first-order valence-corrected chi connectivity index (χ1v) is 13.1. The monoisotopic (exact) mass is 536 g/mol. The normalized spacial score (nSPS) is 13.2. The van der Waals surface area contributed by atoms with Gasteiger partial charge in [-0.05, 0) is 31.5 Å². The number of amides is 1. The van der Waals surface area contributed by atoms with E-state index < -0.39 is 35.9 Å². The van der Waals surface area contributed by atoms with Gasteiger partial charge < -0.3 is 19.5 Å². The summed E-state index contributed by atoms with van der Waals surface area (Å²) in [5.74, 6) is -2.22. The first-order valence-electron chi connectivity index (χ1n) is 12.2. The molecule has 9 heteroatoms. The zero-order valence-electron chi connectivity index (χ0n) is 22.0. The van der Waals surface area contributed by atoms with Crippen molar-refractivity contribution in [3.63, 3.8) is 0 Å². The second kappa shape index (κ2) is 13.6. The van der Waals surface area contributed by atoms with E-state index >= 15 is 0 Å². The molecule has 8 nitrogen and oxygen atoms in total. The van der Waals surface area contributed by atoms with Crippen LogP contribution in [0.5, 0.6) is 11.5 Å². The third kappa shape index (κ3) is 7.58. The van der Waals surface area contributed by atoms with Crippen LogP contribution >= 0.6 is 11.8 Å². The molecule has 38 heavy (non-hydrogen) atoms. The van der Waals surface area contributed by atoms with Crippen LogP contribution in [0.1, 0.15) is 49.0 Å². The van der Waals surface area contributed by atoms with Crippen LogP contribution in [0.15, 0.2) is 77.8 Å². The summed E-state index contributed by atoms with van der Waals surface area (Å²) < 4.78 is 16.4. The molecule has 0 aliphatic rings. The summed E-state index contributed by atoms with van der Waals surface area (Å²) >= 11 is 1.59. The Bertz CT molecular complexity index is 1240. The predicted octanol–water partition coefficient (Wildman–Crippen LogP) is 5.24. The van der Waals surface area contributed by atoms with Gasteiger partial charge in [0.15, 0.2) is 11.4 Å². The quantitative estimate of drug-likeness (QED) is 0.262. The van der Waals surface area contributed by atoms with Crippen LogP contribution in [0.25, 0.3) is 0 Å². The highest BCUT2D eigenvalue weighted by atomic mass is 32.2. The maximum atomic E-state index is 13.0. The molecule has 200 valence electrons. The molecule has 3 aromatic rings. The number of carbonyl (C=O) groups excluding carboxylic acids is 3. The lowest BCUT2D eigenvalue weighted by Crippen LogP contribution is -2.41. The molecular formula is C29H32N2O6S. The van der Waals surface area contributed by atoms with Gasteiger partial charge in [-0.2, -0.15) is 0 Å². The fraction of sp³-hybridized carbons (Fsp3) is 0.310. The van der Waals surface area contributed by atoms with Crippen molar-refractivity contribution >= 4 is 29.6 Å². The Hall–Kier alpha value is -3.85. The molecule has 1 unspecified atom stereocenters. The van der Waals surface area contributed by atoms with E-state index in [0.717, 1.165) is 10.5 Å². The number of aromatic nitrogens is 1. The lowest BCUT2D eigenvalue weighted by molar-refractivity contribution is -0.150. The second-order valence-corrected chi connectivity index (χ2v) is 10.1. The number of hydrogen-bond donors (Lipinski definition) is 1. The van der Waals surface area contributed by atoms with Gasteiger partial charge in [-0.1, -0.05) is 62.4 Å². The van der Waals surface area contributed by atoms with Gasteiger partial charge in [-0.15, -0.1) is 11.8 Å². The Morgan fingerprint density at radius 2 is 1.50 bits per heavy atom. The van der Waals surface area contributed by atoms with Gasteiger partial charge in [-0.3, -0.25) is 9.59 Å². The van der Waals surface area contributed by atoms with E-state index in [1.807, 2.05) is 67.6 Å². The summed E-state index contributed by atoms with van der Waals surface area (Å²) in [4.78, 5) is 43.4.